The van der Waals surface area contributed by atoms with Crippen LogP contribution in [-0.2, 0) is 16.0 Å². The number of alkyl carbamates (subject to hydrolysis) is 1. The average molecular weight is 679 g/mol. The first kappa shape index (κ1) is 38.2. The topological polar surface area (TPSA) is 141 Å². The first-order chi connectivity index (χ1) is 23.5. The number of amides is 1. The number of hydrogen-bond acceptors (Lipinski definition) is 11. The number of pyridine rings is 1. The molecule has 0 saturated heterocycles. The van der Waals surface area contributed by atoms with Crippen LogP contribution in [0, 0.1) is 0 Å². The fraction of sp³-hybridized carbons (Fsp3) is 0.405. The molecule has 0 fully saturated rings. The molecule has 0 aliphatic rings. The minimum absolute atomic E-state index is 0.183. The predicted octanol–water partition coefficient (Wildman–Crippen LogP) is 6.83. The Morgan fingerprint density at radius 2 is 1.43 bits per heavy atom. The van der Waals surface area contributed by atoms with Crippen molar-refractivity contribution in [3.05, 3.63) is 77.1 Å². The molecule has 1 heterocycles. The van der Waals surface area contributed by atoms with Gasteiger partial charge in [0.1, 0.15) is 5.60 Å². The molecule has 0 aliphatic carbocycles. The molecule has 0 atom stereocenters. The van der Waals surface area contributed by atoms with Crippen molar-refractivity contribution in [1.82, 2.24) is 10.3 Å². The van der Waals surface area contributed by atoms with Gasteiger partial charge in [-0.2, -0.15) is 0 Å². The van der Waals surface area contributed by atoms with Gasteiger partial charge in [0.25, 0.3) is 0 Å². The predicted molar refractivity (Wildman–Crippen MR) is 184 cm³/mol. The van der Waals surface area contributed by atoms with E-state index in [1.165, 1.54) is 33.6 Å². The Balaban J connectivity index is 1.40. The Hall–Kier alpha value is -5.26. The molecule has 0 spiro atoms. The minimum atomic E-state index is -0.588. The van der Waals surface area contributed by atoms with Gasteiger partial charge in [0.2, 0.25) is 5.75 Å². The van der Waals surface area contributed by atoms with Crippen molar-refractivity contribution >= 4 is 23.9 Å². The van der Waals surface area contributed by atoms with Crippen molar-refractivity contribution in [2.24, 2.45) is 0 Å². The highest BCUT2D eigenvalue weighted by Gasteiger charge is 2.17. The second kappa shape index (κ2) is 18.9. The van der Waals surface area contributed by atoms with Crippen LogP contribution < -0.4 is 29.0 Å². The second-order valence-electron chi connectivity index (χ2n) is 11.8. The molecule has 3 rings (SSSR count). The van der Waals surface area contributed by atoms with Gasteiger partial charge in [-0.15, -0.1) is 0 Å². The summed E-state index contributed by atoms with van der Waals surface area (Å²) in [7, 11) is 6.07. The Labute approximate surface area is 287 Å². The first-order valence-corrected chi connectivity index (χ1v) is 15.9. The number of benzene rings is 2. The van der Waals surface area contributed by atoms with Crippen molar-refractivity contribution in [2.45, 2.75) is 58.6 Å². The number of unbranched alkanes of at least 4 members (excludes halogenated alkanes) is 3. The lowest BCUT2D eigenvalue weighted by molar-refractivity contribution is 0.0492. The van der Waals surface area contributed by atoms with Crippen LogP contribution in [0.2, 0.25) is 0 Å². The molecule has 1 amide bonds. The average Bonchev–Trinajstić information content (AvgIpc) is 3.09. The molecule has 49 heavy (non-hydrogen) atoms. The van der Waals surface area contributed by atoms with E-state index < -0.39 is 17.7 Å². The van der Waals surface area contributed by atoms with E-state index in [-0.39, 0.29) is 12.3 Å². The summed E-state index contributed by atoms with van der Waals surface area (Å²) < 4.78 is 38.1. The maximum atomic E-state index is 12.9. The monoisotopic (exact) mass is 678 g/mol. The fourth-order valence-electron chi connectivity index (χ4n) is 4.52. The van der Waals surface area contributed by atoms with Crippen LogP contribution in [0.1, 0.15) is 78.4 Å². The Morgan fingerprint density at radius 3 is 2.02 bits per heavy atom. The zero-order chi connectivity index (χ0) is 35.8. The molecule has 1 N–H and O–H groups in total. The Kier molecular flexibility index (Phi) is 14.7. The van der Waals surface area contributed by atoms with Crippen LogP contribution in [0.25, 0.3) is 6.08 Å². The largest absolute Gasteiger partial charge is 0.493 e. The molecule has 0 saturated carbocycles. The number of ether oxygens (including phenoxy) is 7. The molecule has 1 aromatic heterocycles. The molecule has 3 aromatic rings. The van der Waals surface area contributed by atoms with Crippen molar-refractivity contribution in [1.29, 1.82) is 0 Å². The lowest BCUT2D eigenvalue weighted by Crippen LogP contribution is -2.32. The van der Waals surface area contributed by atoms with Crippen LogP contribution in [0.5, 0.6) is 28.7 Å². The van der Waals surface area contributed by atoms with E-state index in [1.807, 2.05) is 12.1 Å². The molecule has 0 unspecified atom stereocenters. The number of allylic oxidation sites excluding steroid dienone is 1. The van der Waals surface area contributed by atoms with Gasteiger partial charge in [-0.05, 0) is 94.5 Å². The van der Waals surface area contributed by atoms with Crippen molar-refractivity contribution in [3.8, 4) is 28.7 Å². The van der Waals surface area contributed by atoms with Gasteiger partial charge >= 0.3 is 12.1 Å². The summed E-state index contributed by atoms with van der Waals surface area (Å²) in [6.45, 7) is 6.30. The van der Waals surface area contributed by atoms with Gasteiger partial charge in [-0.25, -0.2) is 9.59 Å². The highest BCUT2D eigenvalue weighted by molar-refractivity contribution is 6.07. The van der Waals surface area contributed by atoms with E-state index in [2.05, 4.69) is 10.3 Å². The lowest BCUT2D eigenvalue weighted by atomic mass is 10.1. The SMILES string of the molecule is COc1ccc(/C=C/C(=O)c2cc(OC)c(OC)c(OC)c2)cc1OCCCCCCOC(=O)c1ccc(CNC(=O)OC(C)(C)C)nc1. The summed E-state index contributed by atoms with van der Waals surface area (Å²) in [6.07, 6.45) is 7.30. The number of nitrogens with zero attached hydrogens (tertiary/aromatic N) is 1. The quantitative estimate of drug-likeness (QED) is 0.0655. The van der Waals surface area contributed by atoms with E-state index in [1.54, 1.807) is 64.3 Å². The maximum Gasteiger partial charge on any atom is 0.407 e. The van der Waals surface area contributed by atoms with E-state index in [4.69, 9.17) is 33.2 Å². The van der Waals surface area contributed by atoms with Gasteiger partial charge in [0, 0.05) is 11.8 Å². The number of esters is 1. The number of rotatable bonds is 18. The maximum absolute atomic E-state index is 12.9. The smallest absolute Gasteiger partial charge is 0.407 e. The molecular formula is C37H46N2O10. The van der Waals surface area contributed by atoms with Gasteiger partial charge in [-0.3, -0.25) is 9.78 Å². The van der Waals surface area contributed by atoms with Crippen LogP contribution in [-0.4, -0.2) is 70.1 Å². The normalized spacial score (nSPS) is 11.1. The number of carbonyl (C=O) groups is 3. The van der Waals surface area contributed by atoms with E-state index in [0.29, 0.717) is 65.2 Å². The van der Waals surface area contributed by atoms with Gasteiger partial charge < -0.3 is 38.5 Å². The van der Waals surface area contributed by atoms with Gasteiger partial charge in [0.05, 0.1) is 59.5 Å². The van der Waals surface area contributed by atoms with Crippen molar-refractivity contribution in [3.63, 3.8) is 0 Å². The molecule has 12 nitrogen and oxygen atoms in total. The Morgan fingerprint density at radius 1 is 0.755 bits per heavy atom. The zero-order valence-corrected chi connectivity index (χ0v) is 29.3. The third-order valence-corrected chi connectivity index (χ3v) is 6.97. The number of aromatic nitrogens is 1. The van der Waals surface area contributed by atoms with Crippen LogP contribution in [0.15, 0.2) is 54.7 Å². The van der Waals surface area contributed by atoms with Crippen LogP contribution in [0.4, 0.5) is 4.79 Å². The summed E-state index contributed by atoms with van der Waals surface area (Å²) in [5.41, 5.74) is 1.50. The van der Waals surface area contributed by atoms with E-state index in [0.717, 1.165) is 24.8 Å². The number of hydrogen-bond donors (Lipinski definition) is 1. The highest BCUT2D eigenvalue weighted by Crippen LogP contribution is 2.38. The van der Waals surface area contributed by atoms with Crippen LogP contribution in [0.3, 0.4) is 0 Å². The summed E-state index contributed by atoms with van der Waals surface area (Å²) in [5, 5.41) is 2.63. The summed E-state index contributed by atoms with van der Waals surface area (Å²) >= 11 is 0. The number of nitrogens with one attached hydrogen (secondary N) is 1. The van der Waals surface area contributed by atoms with E-state index >= 15 is 0 Å². The fourth-order valence-corrected chi connectivity index (χ4v) is 4.52. The molecule has 2 aromatic carbocycles. The minimum Gasteiger partial charge on any atom is -0.493 e. The third-order valence-electron chi connectivity index (χ3n) is 6.97. The highest BCUT2D eigenvalue weighted by atomic mass is 16.6. The molecular weight excluding hydrogens is 632 g/mol. The lowest BCUT2D eigenvalue weighted by Gasteiger charge is -2.19. The summed E-state index contributed by atoms with van der Waals surface area (Å²) in [4.78, 5) is 41.3. The standard InChI is InChI=1S/C37H46N2O10/c1-37(2,3)49-36(42)39-24-28-15-14-26(23-38-28)35(41)48-19-11-9-8-10-18-47-31-20-25(13-17-30(31)43-4)12-16-29(40)27-21-32(44-5)34(46-7)33(22-27)45-6/h12-17,20-23H,8-11,18-19,24H2,1-7H3,(H,39,42)/b16-12+. The number of carbonyl (C=O) groups excluding carboxylic acids is 3. The molecule has 0 radical (unpaired) electrons. The summed E-state index contributed by atoms with van der Waals surface area (Å²) in [6, 6.07) is 11.9. The van der Waals surface area contributed by atoms with Crippen LogP contribution >= 0.6 is 0 Å². The molecule has 12 heteroatoms. The molecule has 0 bridgehead atoms. The van der Waals surface area contributed by atoms with Crippen molar-refractivity contribution in [2.75, 3.05) is 41.7 Å². The number of methoxy groups -OCH3 is 4. The third kappa shape index (κ3) is 12.4. The zero-order valence-electron chi connectivity index (χ0n) is 29.3. The van der Waals surface area contributed by atoms with Gasteiger partial charge in [0.15, 0.2) is 28.8 Å². The first-order valence-electron chi connectivity index (χ1n) is 15.9. The summed E-state index contributed by atoms with van der Waals surface area (Å²) in [5.74, 6) is 1.67. The molecule has 264 valence electrons. The second-order valence-corrected chi connectivity index (χ2v) is 11.8. The Bertz CT molecular complexity index is 1550. The molecule has 0 aliphatic heterocycles. The number of ketones is 1. The van der Waals surface area contributed by atoms with E-state index in [9.17, 15) is 14.4 Å². The van der Waals surface area contributed by atoms with Gasteiger partial charge in [-0.1, -0.05) is 12.1 Å². The van der Waals surface area contributed by atoms with Crippen molar-refractivity contribution < 1.29 is 47.5 Å².